The van der Waals surface area contributed by atoms with Crippen molar-refractivity contribution in [2.45, 2.75) is 44.6 Å². The predicted octanol–water partition coefficient (Wildman–Crippen LogP) is 1.56. The Hall–Kier alpha value is -3.76. The quantitative estimate of drug-likeness (QED) is 0.375. The monoisotopic (exact) mass is 464 g/mol. The molecule has 10 nitrogen and oxygen atoms in total. The molecule has 1 amide bonds. The lowest BCUT2D eigenvalue weighted by Crippen LogP contribution is -2.44. The summed E-state index contributed by atoms with van der Waals surface area (Å²) in [6.45, 7) is 2.04. The van der Waals surface area contributed by atoms with Crippen molar-refractivity contribution < 1.29 is 24.2 Å². The molecule has 2 aromatic heterocycles. The van der Waals surface area contributed by atoms with Crippen LogP contribution in [0.25, 0.3) is 22.3 Å². The number of benzene rings is 1. The Kier molecular flexibility index (Phi) is 5.14. The molecule has 5 rings (SSSR count). The van der Waals surface area contributed by atoms with Gasteiger partial charge < -0.3 is 30.6 Å². The summed E-state index contributed by atoms with van der Waals surface area (Å²) in [4.78, 5) is 41.9. The highest BCUT2D eigenvalue weighted by molar-refractivity contribution is 5.88. The number of pyridine rings is 2. The van der Waals surface area contributed by atoms with Crippen LogP contribution < -0.4 is 17.0 Å². The first-order valence-corrected chi connectivity index (χ1v) is 11.0. The number of nitrogens with two attached hydrogens (primary N) is 2. The van der Waals surface area contributed by atoms with Crippen molar-refractivity contribution in [1.29, 1.82) is 0 Å². The Morgan fingerprint density at radius 3 is 2.85 bits per heavy atom. The van der Waals surface area contributed by atoms with Crippen molar-refractivity contribution in [3.05, 3.63) is 62.9 Å². The number of nitrogens with zero attached hydrogens (tertiary/aromatic N) is 2. The summed E-state index contributed by atoms with van der Waals surface area (Å²) >= 11 is 0. The summed E-state index contributed by atoms with van der Waals surface area (Å²) < 4.78 is 12.0. The Morgan fingerprint density at radius 2 is 2.15 bits per heavy atom. The number of aliphatic hydroxyl groups is 1. The number of ether oxygens (including phenoxy) is 2. The molecule has 2 atom stereocenters. The van der Waals surface area contributed by atoms with Crippen LogP contribution in [0.2, 0.25) is 0 Å². The van der Waals surface area contributed by atoms with Crippen molar-refractivity contribution in [1.82, 2.24) is 9.55 Å². The van der Waals surface area contributed by atoms with Crippen molar-refractivity contribution >= 4 is 23.0 Å². The van der Waals surface area contributed by atoms with Gasteiger partial charge in [0.05, 0.1) is 29.0 Å². The molecule has 3 aromatic rings. The maximum Gasteiger partial charge on any atom is 0.405 e. The van der Waals surface area contributed by atoms with Gasteiger partial charge in [-0.25, -0.2) is 14.6 Å². The molecule has 2 aliphatic heterocycles. The van der Waals surface area contributed by atoms with Gasteiger partial charge in [0.2, 0.25) is 0 Å². The van der Waals surface area contributed by atoms with Gasteiger partial charge in [-0.05, 0) is 31.2 Å². The van der Waals surface area contributed by atoms with Crippen LogP contribution in [0.1, 0.15) is 48.1 Å². The Morgan fingerprint density at radius 1 is 1.35 bits per heavy atom. The highest BCUT2D eigenvalue weighted by Crippen LogP contribution is 2.39. The number of esters is 1. The average molecular weight is 464 g/mol. The Bertz CT molecular complexity index is 1410. The molecule has 10 heteroatoms. The van der Waals surface area contributed by atoms with Crippen molar-refractivity contribution in [2.24, 2.45) is 11.5 Å². The molecule has 34 heavy (non-hydrogen) atoms. The Labute approximate surface area is 194 Å². The number of hydrogen-bond donors (Lipinski definition) is 3. The second-order valence-corrected chi connectivity index (χ2v) is 8.52. The van der Waals surface area contributed by atoms with E-state index in [0.717, 1.165) is 16.5 Å². The maximum absolute atomic E-state index is 13.3. The third-order valence-electron chi connectivity index (χ3n) is 6.62. The van der Waals surface area contributed by atoms with Crippen LogP contribution in [0.3, 0.4) is 0 Å². The van der Waals surface area contributed by atoms with Gasteiger partial charge in [0.25, 0.3) is 5.56 Å². The standard InChI is InChI=1S/C24H24N4O6/c1-2-24(32)16-9-18-20-12(10-28(18)21(29)15(16)11-33-22(24)30)8-14-13(4-3-5-17(14)27-20)19(6-7-25)34-23(26)31/h3-5,8-9,19,32H,2,6-7,10-11,25H2,1H3,(H2,26,31)/t19?,24-/m0/s1. The number of carbonyl (C=O) groups excluding carboxylic acids is 2. The molecular formula is C24H24N4O6. The molecule has 2 aliphatic rings. The third-order valence-corrected chi connectivity index (χ3v) is 6.62. The molecule has 0 radical (unpaired) electrons. The first-order valence-electron chi connectivity index (χ1n) is 11.0. The summed E-state index contributed by atoms with van der Waals surface area (Å²) in [5.41, 5.74) is 12.6. The van der Waals surface area contributed by atoms with E-state index < -0.39 is 23.8 Å². The number of hydrogen-bond acceptors (Lipinski definition) is 8. The molecule has 0 saturated heterocycles. The van der Waals surface area contributed by atoms with Gasteiger partial charge in [-0.1, -0.05) is 19.1 Å². The number of primary amides is 1. The fourth-order valence-electron chi connectivity index (χ4n) is 4.88. The fourth-order valence-corrected chi connectivity index (χ4v) is 4.88. The topological polar surface area (TPSA) is 160 Å². The van der Waals surface area contributed by atoms with Crippen LogP contribution in [0.15, 0.2) is 35.1 Å². The van der Waals surface area contributed by atoms with Gasteiger partial charge in [-0.2, -0.15) is 0 Å². The number of cyclic esters (lactones) is 1. The van der Waals surface area contributed by atoms with Gasteiger partial charge >= 0.3 is 12.1 Å². The van der Waals surface area contributed by atoms with E-state index in [1.165, 1.54) is 0 Å². The minimum atomic E-state index is -1.88. The average Bonchev–Trinajstić information content (AvgIpc) is 3.17. The smallest absolute Gasteiger partial charge is 0.405 e. The van der Waals surface area contributed by atoms with E-state index in [1.807, 2.05) is 18.2 Å². The number of aromatic nitrogens is 2. The SMILES string of the molecule is CC[C@@]1(O)C(=O)OCc2c1cc1n(c2=O)Cc2cc3c(C(CCN)OC(N)=O)cccc3nc2-1. The molecular weight excluding hydrogens is 440 g/mol. The van der Waals surface area contributed by atoms with Crippen molar-refractivity contribution in [2.75, 3.05) is 6.54 Å². The van der Waals surface area contributed by atoms with E-state index in [4.69, 9.17) is 25.9 Å². The van der Waals surface area contributed by atoms with Crippen LogP contribution in [0.5, 0.6) is 0 Å². The van der Waals surface area contributed by atoms with E-state index in [9.17, 15) is 19.5 Å². The minimum absolute atomic E-state index is 0.0749. The van der Waals surface area contributed by atoms with Crippen LogP contribution in [-0.4, -0.2) is 33.3 Å². The third kappa shape index (κ3) is 3.17. The molecule has 5 N–H and O–H groups in total. The molecule has 176 valence electrons. The highest BCUT2D eigenvalue weighted by atomic mass is 16.6. The summed E-state index contributed by atoms with van der Waals surface area (Å²) in [7, 11) is 0. The zero-order valence-electron chi connectivity index (χ0n) is 18.5. The lowest BCUT2D eigenvalue weighted by molar-refractivity contribution is -0.172. The van der Waals surface area contributed by atoms with Crippen LogP contribution in [0.4, 0.5) is 4.79 Å². The highest BCUT2D eigenvalue weighted by Gasteiger charge is 2.45. The molecule has 0 bridgehead atoms. The molecule has 4 heterocycles. The van der Waals surface area contributed by atoms with Crippen LogP contribution >= 0.6 is 0 Å². The van der Waals surface area contributed by atoms with Gasteiger partial charge in [0.1, 0.15) is 12.7 Å². The second kappa shape index (κ2) is 7.93. The first kappa shape index (κ1) is 22.1. The number of amides is 1. The minimum Gasteiger partial charge on any atom is -0.458 e. The molecule has 1 aromatic carbocycles. The van der Waals surface area contributed by atoms with E-state index in [0.29, 0.717) is 29.9 Å². The van der Waals surface area contributed by atoms with Crippen molar-refractivity contribution in [3.63, 3.8) is 0 Å². The molecule has 1 unspecified atom stereocenters. The summed E-state index contributed by atoms with van der Waals surface area (Å²) in [6.07, 6.45) is -1.07. The largest absolute Gasteiger partial charge is 0.458 e. The second-order valence-electron chi connectivity index (χ2n) is 8.52. The first-order chi connectivity index (χ1) is 16.3. The zero-order chi connectivity index (χ0) is 24.2. The number of fused-ring (bicyclic) bond motifs is 5. The lowest BCUT2D eigenvalue weighted by atomic mass is 9.86. The van der Waals surface area contributed by atoms with Crippen LogP contribution in [-0.2, 0) is 33.0 Å². The van der Waals surface area contributed by atoms with Gasteiger partial charge in [-0.3, -0.25) is 4.79 Å². The van der Waals surface area contributed by atoms with Crippen molar-refractivity contribution in [3.8, 4) is 11.4 Å². The summed E-state index contributed by atoms with van der Waals surface area (Å²) in [6, 6.07) is 9.03. The van der Waals surface area contributed by atoms with Gasteiger partial charge in [0.15, 0.2) is 5.60 Å². The normalized spacial score (nSPS) is 19.2. The lowest BCUT2D eigenvalue weighted by Gasteiger charge is -2.31. The van der Waals surface area contributed by atoms with E-state index >= 15 is 0 Å². The summed E-state index contributed by atoms with van der Waals surface area (Å²) in [5.74, 6) is -0.762. The maximum atomic E-state index is 13.3. The van der Waals surface area contributed by atoms with Gasteiger partial charge in [-0.15, -0.1) is 0 Å². The molecule has 0 spiro atoms. The fraction of sp³-hybridized carbons (Fsp3) is 0.333. The summed E-state index contributed by atoms with van der Waals surface area (Å²) in [5, 5.41) is 11.8. The zero-order valence-corrected chi connectivity index (χ0v) is 18.5. The van der Waals surface area contributed by atoms with E-state index in [1.54, 1.807) is 23.6 Å². The predicted molar refractivity (Wildman–Crippen MR) is 122 cm³/mol. The Balaban J connectivity index is 1.69. The number of carbonyl (C=O) groups is 2. The molecule has 0 fully saturated rings. The molecule has 0 saturated carbocycles. The van der Waals surface area contributed by atoms with Crippen LogP contribution in [0, 0.1) is 0 Å². The van der Waals surface area contributed by atoms with E-state index in [-0.39, 0.29) is 36.3 Å². The van der Waals surface area contributed by atoms with Gasteiger partial charge in [0, 0.05) is 28.5 Å². The van der Waals surface area contributed by atoms with E-state index in [2.05, 4.69) is 0 Å². The molecule has 0 aliphatic carbocycles. The number of rotatable bonds is 5.